The smallest absolute Gasteiger partial charge is 0.181 e. The van der Waals surface area contributed by atoms with E-state index in [0.717, 1.165) is 37.2 Å². The highest BCUT2D eigenvalue weighted by Gasteiger charge is 2.13. The molecule has 2 rings (SSSR count). The van der Waals surface area contributed by atoms with Crippen LogP contribution in [0.3, 0.4) is 0 Å². The Morgan fingerprint density at radius 3 is 2.58 bits per heavy atom. The lowest BCUT2D eigenvalue weighted by Gasteiger charge is -2.10. The Hall–Kier alpha value is -0.530. The number of aromatic nitrogens is 3. The van der Waals surface area contributed by atoms with Crippen molar-refractivity contribution < 1.29 is 0 Å². The molecule has 0 aliphatic heterocycles. The molecule has 2 heterocycles. The van der Waals surface area contributed by atoms with Crippen LogP contribution in [0.15, 0.2) is 25.7 Å². The van der Waals surface area contributed by atoms with Crippen LogP contribution in [0.5, 0.6) is 0 Å². The summed E-state index contributed by atoms with van der Waals surface area (Å²) >= 11 is 10.4. The fourth-order valence-corrected chi connectivity index (χ4v) is 3.01. The first kappa shape index (κ1) is 14.9. The number of hydrogen-bond donors (Lipinski definition) is 1. The van der Waals surface area contributed by atoms with Crippen molar-refractivity contribution in [2.75, 3.05) is 11.9 Å². The molecule has 0 saturated carbocycles. The van der Waals surface area contributed by atoms with Crippen LogP contribution in [-0.4, -0.2) is 21.5 Å². The van der Waals surface area contributed by atoms with Gasteiger partial charge in [-0.3, -0.25) is 4.98 Å². The standard InChI is InChI=1S/C12H11Br3N4/c1-3-16-11-9(15)6(2)18-12(19-11)10-8(14)4-7(13)5-17-10/h4-5H,3H2,1-2H3,(H,16,18,19). The number of nitrogens with zero attached hydrogens (tertiary/aromatic N) is 3. The average Bonchev–Trinajstić information content (AvgIpc) is 2.35. The third-order valence-electron chi connectivity index (χ3n) is 2.38. The molecule has 2 aromatic rings. The van der Waals surface area contributed by atoms with Gasteiger partial charge in [0, 0.05) is 21.7 Å². The summed E-state index contributed by atoms with van der Waals surface area (Å²) < 4.78 is 2.64. The Balaban J connectivity index is 2.56. The van der Waals surface area contributed by atoms with Gasteiger partial charge in [0.2, 0.25) is 0 Å². The third kappa shape index (κ3) is 3.32. The van der Waals surface area contributed by atoms with E-state index in [1.54, 1.807) is 6.20 Å². The van der Waals surface area contributed by atoms with Crippen molar-refractivity contribution in [2.24, 2.45) is 0 Å². The van der Waals surface area contributed by atoms with Gasteiger partial charge in [0.15, 0.2) is 5.82 Å². The van der Waals surface area contributed by atoms with E-state index in [9.17, 15) is 0 Å². The topological polar surface area (TPSA) is 50.7 Å². The SMILES string of the molecule is CCNc1nc(-c2ncc(Br)cc2Br)nc(C)c1Br. The summed E-state index contributed by atoms with van der Waals surface area (Å²) in [4.78, 5) is 13.3. The lowest BCUT2D eigenvalue weighted by Crippen LogP contribution is -2.05. The molecule has 100 valence electrons. The molecule has 2 aromatic heterocycles. The third-order valence-corrected chi connectivity index (χ3v) is 4.37. The maximum Gasteiger partial charge on any atom is 0.181 e. The summed E-state index contributed by atoms with van der Waals surface area (Å²) in [7, 11) is 0. The minimum atomic E-state index is 0.594. The molecule has 4 nitrogen and oxygen atoms in total. The second kappa shape index (κ2) is 6.28. The van der Waals surface area contributed by atoms with Crippen molar-refractivity contribution in [1.29, 1.82) is 0 Å². The van der Waals surface area contributed by atoms with Crippen molar-refractivity contribution >= 4 is 53.6 Å². The van der Waals surface area contributed by atoms with Gasteiger partial charge in [-0.2, -0.15) is 0 Å². The molecule has 0 aliphatic rings. The van der Waals surface area contributed by atoms with E-state index in [1.807, 2.05) is 19.9 Å². The normalized spacial score (nSPS) is 10.6. The van der Waals surface area contributed by atoms with Gasteiger partial charge in [0.05, 0.1) is 10.2 Å². The van der Waals surface area contributed by atoms with E-state index < -0.39 is 0 Å². The number of anilines is 1. The Labute approximate surface area is 136 Å². The first-order chi connectivity index (χ1) is 9.02. The highest BCUT2D eigenvalue weighted by atomic mass is 79.9. The van der Waals surface area contributed by atoms with Gasteiger partial charge in [0.25, 0.3) is 0 Å². The van der Waals surface area contributed by atoms with Gasteiger partial charge in [-0.15, -0.1) is 0 Å². The molecule has 0 bridgehead atoms. The maximum atomic E-state index is 4.51. The van der Waals surface area contributed by atoms with E-state index >= 15 is 0 Å². The second-order valence-electron chi connectivity index (χ2n) is 3.81. The molecular weight excluding hydrogens is 440 g/mol. The molecule has 0 fully saturated rings. The van der Waals surface area contributed by atoms with Crippen LogP contribution in [0, 0.1) is 6.92 Å². The van der Waals surface area contributed by atoms with Crippen molar-refractivity contribution in [3.63, 3.8) is 0 Å². The molecule has 0 saturated heterocycles. The van der Waals surface area contributed by atoms with Gasteiger partial charge in [-0.1, -0.05) is 0 Å². The minimum Gasteiger partial charge on any atom is -0.369 e. The lowest BCUT2D eigenvalue weighted by atomic mass is 10.3. The highest BCUT2D eigenvalue weighted by Crippen LogP contribution is 2.30. The van der Waals surface area contributed by atoms with Gasteiger partial charge >= 0.3 is 0 Å². The number of halogens is 3. The largest absolute Gasteiger partial charge is 0.369 e. The van der Waals surface area contributed by atoms with Crippen molar-refractivity contribution in [3.8, 4) is 11.5 Å². The predicted molar refractivity (Wildman–Crippen MR) is 87.3 cm³/mol. The van der Waals surface area contributed by atoms with E-state index in [4.69, 9.17) is 0 Å². The Morgan fingerprint density at radius 1 is 1.21 bits per heavy atom. The summed E-state index contributed by atoms with van der Waals surface area (Å²) in [5.41, 5.74) is 1.59. The molecule has 7 heteroatoms. The van der Waals surface area contributed by atoms with E-state index in [1.165, 1.54) is 0 Å². The molecular formula is C12H11Br3N4. The van der Waals surface area contributed by atoms with Crippen molar-refractivity contribution in [3.05, 3.63) is 31.4 Å². The fraction of sp³-hybridized carbons (Fsp3) is 0.250. The quantitative estimate of drug-likeness (QED) is 0.744. The molecule has 0 spiro atoms. The number of nitrogens with one attached hydrogen (secondary N) is 1. The zero-order chi connectivity index (χ0) is 14.0. The monoisotopic (exact) mass is 448 g/mol. The predicted octanol–water partition coefficient (Wildman–Crippen LogP) is 4.57. The zero-order valence-electron chi connectivity index (χ0n) is 10.3. The van der Waals surface area contributed by atoms with Crippen LogP contribution in [0.1, 0.15) is 12.6 Å². The maximum absolute atomic E-state index is 4.51. The molecule has 0 radical (unpaired) electrons. The number of rotatable bonds is 3. The molecule has 0 aromatic carbocycles. The molecule has 0 aliphatic carbocycles. The first-order valence-corrected chi connectivity index (χ1v) is 8.00. The minimum absolute atomic E-state index is 0.594. The summed E-state index contributed by atoms with van der Waals surface area (Å²) in [6, 6.07) is 1.93. The van der Waals surface area contributed by atoms with Gasteiger partial charge in [-0.05, 0) is 67.7 Å². The van der Waals surface area contributed by atoms with Crippen LogP contribution in [0.25, 0.3) is 11.5 Å². The fourth-order valence-electron chi connectivity index (χ4n) is 1.53. The van der Waals surface area contributed by atoms with Crippen molar-refractivity contribution in [1.82, 2.24) is 15.0 Å². The zero-order valence-corrected chi connectivity index (χ0v) is 15.1. The first-order valence-electron chi connectivity index (χ1n) is 5.62. The van der Waals surface area contributed by atoms with E-state index in [0.29, 0.717) is 5.82 Å². The van der Waals surface area contributed by atoms with Crippen LogP contribution in [-0.2, 0) is 0 Å². The van der Waals surface area contributed by atoms with E-state index in [-0.39, 0.29) is 0 Å². The number of aryl methyl sites for hydroxylation is 1. The summed E-state index contributed by atoms with van der Waals surface area (Å²) in [5.74, 6) is 1.37. The average molecular weight is 451 g/mol. The Morgan fingerprint density at radius 2 is 1.95 bits per heavy atom. The summed E-state index contributed by atoms with van der Waals surface area (Å²) in [6.45, 7) is 4.75. The molecule has 19 heavy (non-hydrogen) atoms. The van der Waals surface area contributed by atoms with Gasteiger partial charge in [0.1, 0.15) is 11.5 Å². The Bertz CT molecular complexity index is 616. The molecule has 1 N–H and O–H groups in total. The summed E-state index contributed by atoms with van der Waals surface area (Å²) in [5, 5.41) is 3.21. The highest BCUT2D eigenvalue weighted by molar-refractivity contribution is 9.11. The van der Waals surface area contributed by atoms with Gasteiger partial charge in [-0.25, -0.2) is 9.97 Å². The molecule has 0 unspecified atom stereocenters. The Kier molecular flexibility index (Phi) is 4.92. The van der Waals surface area contributed by atoms with Gasteiger partial charge < -0.3 is 5.32 Å². The second-order valence-corrected chi connectivity index (χ2v) is 6.37. The molecule has 0 atom stereocenters. The van der Waals surface area contributed by atoms with Crippen LogP contribution in [0.2, 0.25) is 0 Å². The lowest BCUT2D eigenvalue weighted by molar-refractivity contribution is 1.05. The van der Waals surface area contributed by atoms with Crippen LogP contribution < -0.4 is 5.32 Å². The number of pyridine rings is 1. The van der Waals surface area contributed by atoms with Crippen LogP contribution >= 0.6 is 47.8 Å². The number of hydrogen-bond acceptors (Lipinski definition) is 4. The molecule has 0 amide bonds. The summed E-state index contributed by atoms with van der Waals surface area (Å²) in [6.07, 6.45) is 1.73. The van der Waals surface area contributed by atoms with Crippen molar-refractivity contribution in [2.45, 2.75) is 13.8 Å². The van der Waals surface area contributed by atoms with Crippen LogP contribution in [0.4, 0.5) is 5.82 Å². The van der Waals surface area contributed by atoms with E-state index in [2.05, 4.69) is 68.1 Å².